The Labute approximate surface area is 128 Å². The maximum Gasteiger partial charge on any atom is 0.228 e. The maximum absolute atomic E-state index is 13.3. The number of carbonyl (C=O) groups excluding carboxylic acids is 2. The molecule has 2 rings (SSSR count). The summed E-state index contributed by atoms with van der Waals surface area (Å²) in [6, 6.07) is 3.98. The van der Waals surface area contributed by atoms with E-state index in [2.05, 4.69) is 10.6 Å². The van der Waals surface area contributed by atoms with Gasteiger partial charge in [-0.25, -0.2) is 4.39 Å². The molecule has 1 aromatic rings. The van der Waals surface area contributed by atoms with Gasteiger partial charge >= 0.3 is 0 Å². The van der Waals surface area contributed by atoms with Crippen molar-refractivity contribution in [2.75, 3.05) is 11.9 Å². The van der Waals surface area contributed by atoms with Crippen molar-refractivity contribution < 1.29 is 19.1 Å². The van der Waals surface area contributed by atoms with Gasteiger partial charge in [-0.05, 0) is 23.1 Å². The number of carbonyl (C=O) groups is 2. The van der Waals surface area contributed by atoms with Crippen molar-refractivity contribution in [3.8, 4) is 0 Å². The third kappa shape index (κ3) is 3.62. The average Bonchev–Trinajstić information content (AvgIpc) is 2.41. The quantitative estimate of drug-likeness (QED) is 0.796. The molecule has 0 saturated carbocycles. The van der Waals surface area contributed by atoms with Crippen molar-refractivity contribution in [2.24, 2.45) is 5.41 Å². The fourth-order valence-electron chi connectivity index (χ4n) is 2.30. The van der Waals surface area contributed by atoms with Gasteiger partial charge in [0.1, 0.15) is 5.82 Å². The van der Waals surface area contributed by atoms with Crippen LogP contribution in [-0.2, 0) is 9.59 Å². The Bertz CT molecular complexity index is 596. The summed E-state index contributed by atoms with van der Waals surface area (Å²) in [6.45, 7) is 5.72. The van der Waals surface area contributed by atoms with Crippen LogP contribution in [0.2, 0.25) is 0 Å². The first-order valence-corrected chi connectivity index (χ1v) is 7.23. The zero-order chi connectivity index (χ0) is 16.5. The molecule has 0 aliphatic carbocycles. The lowest BCUT2D eigenvalue weighted by molar-refractivity contribution is -0.126. The number of hydrogen-bond donors (Lipinski definition) is 3. The Morgan fingerprint density at radius 2 is 2.18 bits per heavy atom. The lowest BCUT2D eigenvalue weighted by atomic mass is 9.88. The number of benzene rings is 1. The lowest BCUT2D eigenvalue weighted by Gasteiger charge is -2.28. The molecular formula is C16H21FN2O3. The van der Waals surface area contributed by atoms with E-state index in [9.17, 15) is 19.1 Å². The third-order valence-electron chi connectivity index (χ3n) is 3.84. The fourth-order valence-corrected chi connectivity index (χ4v) is 2.30. The van der Waals surface area contributed by atoms with Crippen molar-refractivity contribution >= 4 is 17.5 Å². The number of halogens is 1. The van der Waals surface area contributed by atoms with E-state index in [0.717, 1.165) is 0 Å². The second kappa shape index (κ2) is 6.04. The largest absolute Gasteiger partial charge is 0.391 e. The predicted molar refractivity (Wildman–Crippen MR) is 80.9 cm³/mol. The lowest BCUT2D eigenvalue weighted by Crippen LogP contribution is -2.42. The average molecular weight is 308 g/mol. The van der Waals surface area contributed by atoms with Gasteiger partial charge < -0.3 is 15.7 Å². The number of hydrogen-bond acceptors (Lipinski definition) is 3. The number of rotatable bonds is 3. The van der Waals surface area contributed by atoms with E-state index in [1.165, 1.54) is 18.2 Å². The van der Waals surface area contributed by atoms with Gasteiger partial charge in [-0.1, -0.05) is 26.8 Å². The van der Waals surface area contributed by atoms with Gasteiger partial charge in [-0.2, -0.15) is 0 Å². The van der Waals surface area contributed by atoms with Gasteiger partial charge in [0.2, 0.25) is 11.8 Å². The molecule has 2 unspecified atom stereocenters. The third-order valence-corrected chi connectivity index (χ3v) is 3.84. The first-order chi connectivity index (χ1) is 10.2. The van der Waals surface area contributed by atoms with Gasteiger partial charge in [0.25, 0.3) is 0 Å². The second-order valence-electron chi connectivity index (χ2n) is 6.66. The van der Waals surface area contributed by atoms with Crippen molar-refractivity contribution in [2.45, 2.75) is 39.2 Å². The molecule has 22 heavy (non-hydrogen) atoms. The fraction of sp³-hybridized carbons (Fsp3) is 0.500. The number of aliphatic hydroxyl groups excluding tert-OH is 1. The van der Waals surface area contributed by atoms with Crippen molar-refractivity contribution in [1.29, 1.82) is 0 Å². The van der Waals surface area contributed by atoms with Gasteiger partial charge in [-0.15, -0.1) is 0 Å². The standard InChI is InChI=1S/C16H21FN2O3/c1-16(2,3)13(20)8-18-15(22)11-7-14(21)19-12-6-9(17)4-5-10(11)12/h4-6,11,13,20H,7-8H2,1-3H3,(H,18,22)(H,19,21). The summed E-state index contributed by atoms with van der Waals surface area (Å²) in [5, 5.41) is 15.2. The van der Waals surface area contributed by atoms with Crippen LogP contribution in [0.25, 0.3) is 0 Å². The summed E-state index contributed by atoms with van der Waals surface area (Å²) in [6.07, 6.45) is -0.683. The molecule has 0 radical (unpaired) electrons. The van der Waals surface area contributed by atoms with Crippen LogP contribution in [0, 0.1) is 11.2 Å². The minimum atomic E-state index is -0.693. The highest BCUT2D eigenvalue weighted by atomic mass is 19.1. The molecule has 0 saturated heterocycles. The van der Waals surface area contributed by atoms with Crippen LogP contribution in [0.4, 0.5) is 10.1 Å². The molecule has 0 bridgehead atoms. The highest BCUT2D eigenvalue weighted by Gasteiger charge is 2.31. The van der Waals surface area contributed by atoms with E-state index in [1.54, 1.807) is 0 Å². The van der Waals surface area contributed by atoms with Crippen molar-refractivity contribution in [1.82, 2.24) is 5.32 Å². The van der Waals surface area contributed by atoms with E-state index in [-0.39, 0.29) is 30.2 Å². The predicted octanol–water partition coefficient (Wildman–Crippen LogP) is 1.77. The molecule has 6 heteroatoms. The Morgan fingerprint density at radius 3 is 2.82 bits per heavy atom. The van der Waals surface area contributed by atoms with E-state index < -0.39 is 17.8 Å². The molecule has 0 spiro atoms. The summed E-state index contributed by atoms with van der Waals surface area (Å²) in [5.74, 6) is -1.81. The van der Waals surface area contributed by atoms with Crippen molar-refractivity contribution in [3.63, 3.8) is 0 Å². The van der Waals surface area contributed by atoms with Crippen LogP contribution in [0.3, 0.4) is 0 Å². The molecule has 1 aliphatic heterocycles. The summed E-state index contributed by atoms with van der Waals surface area (Å²) in [4.78, 5) is 24.0. The van der Waals surface area contributed by atoms with E-state index in [4.69, 9.17) is 0 Å². The Morgan fingerprint density at radius 1 is 1.50 bits per heavy atom. The SMILES string of the molecule is CC(C)(C)C(O)CNC(=O)C1CC(=O)Nc2cc(F)ccc21. The minimum Gasteiger partial charge on any atom is -0.391 e. The molecule has 2 amide bonds. The molecule has 120 valence electrons. The molecule has 1 aliphatic rings. The molecule has 0 aromatic heterocycles. The summed E-state index contributed by atoms with van der Waals surface area (Å²) in [7, 11) is 0. The molecule has 1 aromatic carbocycles. The molecule has 3 N–H and O–H groups in total. The number of amides is 2. The van der Waals surface area contributed by atoms with Crippen molar-refractivity contribution in [3.05, 3.63) is 29.6 Å². The molecule has 5 nitrogen and oxygen atoms in total. The first kappa shape index (κ1) is 16.4. The Kier molecular flexibility index (Phi) is 4.51. The smallest absolute Gasteiger partial charge is 0.228 e. The summed E-state index contributed by atoms with van der Waals surface area (Å²) < 4.78 is 13.3. The zero-order valence-electron chi connectivity index (χ0n) is 12.9. The second-order valence-corrected chi connectivity index (χ2v) is 6.66. The topological polar surface area (TPSA) is 78.4 Å². The zero-order valence-corrected chi connectivity index (χ0v) is 12.9. The van der Waals surface area contributed by atoms with Crippen LogP contribution in [-0.4, -0.2) is 29.6 Å². The first-order valence-electron chi connectivity index (χ1n) is 7.23. The monoisotopic (exact) mass is 308 g/mol. The summed E-state index contributed by atoms with van der Waals surface area (Å²) in [5.41, 5.74) is 0.564. The number of fused-ring (bicyclic) bond motifs is 1. The summed E-state index contributed by atoms with van der Waals surface area (Å²) >= 11 is 0. The Balaban J connectivity index is 2.12. The molecule has 2 atom stereocenters. The van der Waals surface area contributed by atoms with Crippen LogP contribution in [0.15, 0.2) is 18.2 Å². The Hall–Kier alpha value is -1.95. The van der Waals surface area contributed by atoms with Crippen LogP contribution >= 0.6 is 0 Å². The van der Waals surface area contributed by atoms with Crippen LogP contribution in [0.1, 0.15) is 38.7 Å². The number of aliphatic hydroxyl groups is 1. The molecule has 0 fully saturated rings. The normalized spacial score (nSPS) is 19.1. The van der Waals surface area contributed by atoms with Crippen LogP contribution < -0.4 is 10.6 Å². The highest BCUT2D eigenvalue weighted by Crippen LogP contribution is 2.32. The molecular weight excluding hydrogens is 287 g/mol. The van der Waals surface area contributed by atoms with Crippen LogP contribution in [0.5, 0.6) is 0 Å². The van der Waals surface area contributed by atoms with Gasteiger partial charge in [0.15, 0.2) is 0 Å². The number of nitrogens with one attached hydrogen (secondary N) is 2. The van der Waals surface area contributed by atoms with Gasteiger partial charge in [0, 0.05) is 18.7 Å². The van der Waals surface area contributed by atoms with Gasteiger partial charge in [-0.3, -0.25) is 9.59 Å². The van der Waals surface area contributed by atoms with E-state index >= 15 is 0 Å². The minimum absolute atomic E-state index is 0.01000. The maximum atomic E-state index is 13.3. The highest BCUT2D eigenvalue weighted by molar-refractivity contribution is 6.01. The van der Waals surface area contributed by atoms with E-state index in [0.29, 0.717) is 11.3 Å². The molecule has 1 heterocycles. The van der Waals surface area contributed by atoms with E-state index in [1.807, 2.05) is 20.8 Å². The van der Waals surface area contributed by atoms with Gasteiger partial charge in [0.05, 0.1) is 12.0 Å². The number of anilines is 1.